The number of halogens is 3. The van der Waals surface area contributed by atoms with E-state index in [1.165, 1.54) is 0 Å². The van der Waals surface area contributed by atoms with Crippen LogP contribution in [0.4, 0.5) is 24.5 Å². The van der Waals surface area contributed by atoms with Crippen LogP contribution in [-0.2, 0) is 19.7 Å². The first-order valence-corrected chi connectivity index (χ1v) is 20.8. The number of allylic oxidation sites excluding steroid dienone is 2. The maximum atomic E-state index is 12.1. The second-order valence-electron chi connectivity index (χ2n) is 14.0. The monoisotopic (exact) mass is 836 g/mol. The standard InChI is InChI=1S/C41H46N4O6S.C2HF3O2/c1-30(27-41-45(24-11-25-52(47,48)49)36-29-34(18-20-38(36)51-41)32-14-7-3-8-15-32)26-40-44(23-10-4-9-16-39(46)43-22-21-42)35-28-33(17-19-37(35)50-40)31-12-5-2-6-13-31;3-2(4,5)1(6)7/h2-3,5-8,12-15,17-20,26-29,41H,4,9-11,16,21-25,42H2,1H3,(H,43,46)(H,47,48,49);(H,6,7)/b30-27+,40-26-;. The number of nitrogens with zero attached hydrogens (tertiary/aromatic N) is 1. The molecule has 5 N–H and O–H groups in total. The van der Waals surface area contributed by atoms with Crippen molar-refractivity contribution in [3.05, 3.63) is 121 Å². The van der Waals surface area contributed by atoms with Gasteiger partial charge >= 0.3 is 6.18 Å². The number of nitrogens with one attached hydrogen (secondary N) is 2. The van der Waals surface area contributed by atoms with Crippen LogP contribution in [0.1, 0.15) is 39.0 Å². The van der Waals surface area contributed by atoms with Gasteiger partial charge in [-0.3, -0.25) is 9.69 Å². The van der Waals surface area contributed by atoms with Gasteiger partial charge in [-0.1, -0.05) is 79.2 Å². The number of hydrogen-bond donors (Lipinski definition) is 3. The van der Waals surface area contributed by atoms with Crippen molar-refractivity contribution in [2.45, 2.75) is 51.4 Å². The number of quaternary nitrogens is 2. The molecule has 0 spiro atoms. The van der Waals surface area contributed by atoms with Gasteiger partial charge in [0.2, 0.25) is 11.8 Å². The van der Waals surface area contributed by atoms with Gasteiger partial charge in [0.1, 0.15) is 5.97 Å². The van der Waals surface area contributed by atoms with Crippen LogP contribution in [-0.4, -0.2) is 69.2 Å². The Kier molecular flexibility index (Phi) is 15.3. The molecule has 0 saturated carbocycles. The number of unbranched alkanes of at least 4 members (excludes halogenated alkanes) is 2. The molecule has 0 saturated heterocycles. The number of carbonyl (C=O) groups excluding carboxylic acids is 2. The van der Waals surface area contributed by atoms with E-state index in [-0.39, 0.29) is 12.3 Å². The average Bonchev–Trinajstić information content (AvgIpc) is 3.72. The minimum atomic E-state index is -5.19. The summed E-state index contributed by atoms with van der Waals surface area (Å²) >= 11 is 0. The Bertz CT molecular complexity index is 2240. The van der Waals surface area contributed by atoms with Gasteiger partial charge in [0.25, 0.3) is 6.23 Å². The fraction of sp³-hybridized carbons (Fsp3) is 0.302. The van der Waals surface area contributed by atoms with Gasteiger partial charge in [0, 0.05) is 43.4 Å². The van der Waals surface area contributed by atoms with E-state index >= 15 is 0 Å². The number of hydrogen-bond acceptors (Lipinski definition) is 9. The fourth-order valence-electron chi connectivity index (χ4n) is 6.69. The van der Waals surface area contributed by atoms with Crippen LogP contribution in [0.15, 0.2) is 121 Å². The number of alkyl halides is 3. The molecule has 0 aliphatic carbocycles. The van der Waals surface area contributed by atoms with Crippen molar-refractivity contribution >= 4 is 33.4 Å². The van der Waals surface area contributed by atoms with E-state index < -0.39 is 34.2 Å². The molecule has 2 aliphatic heterocycles. The smallest absolute Gasteiger partial charge is 0.430 e. The first kappa shape index (κ1) is 44.4. The highest BCUT2D eigenvalue weighted by atomic mass is 32.2. The molecule has 4 aromatic carbocycles. The number of carbonyl (C=O) groups is 2. The molecule has 12 nitrogen and oxygen atoms in total. The normalized spacial score (nSPS) is 16.7. The average molecular weight is 837 g/mol. The van der Waals surface area contributed by atoms with Crippen LogP contribution in [0.5, 0.6) is 11.5 Å². The number of carboxylic acids is 1. The van der Waals surface area contributed by atoms with Gasteiger partial charge in [-0.15, -0.1) is 0 Å². The van der Waals surface area contributed by atoms with E-state index in [0.29, 0.717) is 38.5 Å². The zero-order valence-corrected chi connectivity index (χ0v) is 33.3. The highest BCUT2D eigenvalue weighted by molar-refractivity contribution is 7.85. The maximum Gasteiger partial charge on any atom is 0.430 e. The Morgan fingerprint density at radius 3 is 2.08 bits per heavy atom. The lowest BCUT2D eigenvalue weighted by atomic mass is 10.0. The summed E-state index contributed by atoms with van der Waals surface area (Å²) < 4.78 is 79.0. The van der Waals surface area contributed by atoms with Gasteiger partial charge in [-0.25, -0.2) is 8.42 Å². The predicted octanol–water partition coefficient (Wildman–Crippen LogP) is 4.09. The Hall–Kier alpha value is -5.68. The Balaban J connectivity index is 0.000000867. The molecule has 59 heavy (non-hydrogen) atoms. The van der Waals surface area contributed by atoms with E-state index in [9.17, 15) is 30.9 Å². The molecule has 314 valence electrons. The molecular weight excluding hydrogens is 790 g/mol. The van der Waals surface area contributed by atoms with E-state index in [1.54, 1.807) is 0 Å². The summed E-state index contributed by atoms with van der Waals surface area (Å²) in [5.41, 5.74) is 10.9. The number of carboxylic acid groups (broad SMARTS) is 1. The molecule has 0 radical (unpaired) electrons. The molecule has 0 aromatic heterocycles. The van der Waals surface area contributed by atoms with Crippen LogP contribution in [0.25, 0.3) is 22.3 Å². The number of anilines is 1. The van der Waals surface area contributed by atoms with Crippen molar-refractivity contribution in [1.82, 2.24) is 5.32 Å². The van der Waals surface area contributed by atoms with Crippen LogP contribution in [0, 0.1) is 0 Å². The third-order valence-corrected chi connectivity index (χ3v) is 10.3. The lowest BCUT2D eigenvalue weighted by molar-refractivity contribution is -0.862. The van der Waals surface area contributed by atoms with Crippen LogP contribution in [0.3, 0.4) is 0 Å². The first-order valence-electron chi connectivity index (χ1n) is 19.2. The van der Waals surface area contributed by atoms with Crippen molar-refractivity contribution in [3.63, 3.8) is 0 Å². The van der Waals surface area contributed by atoms with Crippen molar-refractivity contribution < 1.29 is 60.9 Å². The Morgan fingerprint density at radius 1 is 0.881 bits per heavy atom. The van der Waals surface area contributed by atoms with Crippen molar-refractivity contribution in [2.75, 3.05) is 36.8 Å². The number of ether oxygens (including phenoxy) is 2. The maximum absolute atomic E-state index is 12.1. The van der Waals surface area contributed by atoms with Gasteiger partial charge < -0.3 is 39.9 Å². The highest BCUT2D eigenvalue weighted by Crippen LogP contribution is 2.42. The summed E-state index contributed by atoms with van der Waals surface area (Å²) in [6.07, 6.45) is 1.65. The molecule has 6 rings (SSSR count). The van der Waals surface area contributed by atoms with Crippen molar-refractivity contribution in [1.29, 1.82) is 0 Å². The van der Waals surface area contributed by atoms with Crippen LogP contribution < -0.4 is 35.4 Å². The molecule has 2 heterocycles. The van der Waals surface area contributed by atoms with Crippen LogP contribution in [0.2, 0.25) is 0 Å². The third kappa shape index (κ3) is 12.9. The quantitative estimate of drug-likeness (QED) is 0.111. The van der Waals surface area contributed by atoms with Crippen LogP contribution >= 0.6 is 0 Å². The molecule has 4 aromatic rings. The van der Waals surface area contributed by atoms with Gasteiger partial charge in [-0.05, 0) is 65.8 Å². The van der Waals surface area contributed by atoms with E-state index in [2.05, 4.69) is 46.3 Å². The SMILES string of the molecule is CC(/C=C1\Oc2ccc(-c3ccccc3)cc2N1CCCCCC(=O)NCC[NH3+])=C\C1Oc2ccc(-c3ccccc3)cc2[NH+]1CCCS(=O)(=O)[O-].O=C([O-])C(F)(F)F. The second-order valence-corrected chi connectivity index (χ2v) is 15.5. The number of amides is 1. The minimum absolute atomic E-state index is 0.0609. The van der Waals surface area contributed by atoms with E-state index in [4.69, 9.17) is 19.4 Å². The lowest BCUT2D eigenvalue weighted by Crippen LogP contribution is -3.10. The summed E-state index contributed by atoms with van der Waals surface area (Å²) in [7, 11) is -4.35. The second kappa shape index (κ2) is 20.3. The number of aliphatic carboxylic acids is 1. The van der Waals surface area contributed by atoms with Crippen molar-refractivity contribution in [3.8, 4) is 33.8 Å². The number of rotatable bonds is 16. The van der Waals surface area contributed by atoms with E-state index in [0.717, 1.165) is 74.9 Å². The largest absolute Gasteiger partial charge is 0.748 e. The predicted molar refractivity (Wildman–Crippen MR) is 213 cm³/mol. The minimum Gasteiger partial charge on any atom is -0.748 e. The fourth-order valence-corrected chi connectivity index (χ4v) is 7.18. The molecule has 2 aliphatic rings. The van der Waals surface area contributed by atoms with Gasteiger partial charge in [0.05, 0.1) is 35.4 Å². The van der Waals surface area contributed by atoms with Gasteiger partial charge in [-0.2, -0.15) is 13.2 Å². The molecular formula is C43H47F3N4O8S. The summed E-state index contributed by atoms with van der Waals surface area (Å²) in [4.78, 5) is 24.0. The summed E-state index contributed by atoms with van der Waals surface area (Å²) in [6.45, 7) is 4.38. The third-order valence-electron chi connectivity index (χ3n) is 9.49. The zero-order chi connectivity index (χ0) is 42.6. The van der Waals surface area contributed by atoms with E-state index in [1.807, 2.05) is 85.8 Å². The van der Waals surface area contributed by atoms with Crippen molar-refractivity contribution in [2.24, 2.45) is 0 Å². The lowest BCUT2D eigenvalue weighted by Gasteiger charge is -2.20. The molecule has 2 unspecified atom stereocenters. The first-order chi connectivity index (χ1) is 28.1. The summed E-state index contributed by atoms with van der Waals surface area (Å²) in [5, 5.41) is 11.7. The number of fused-ring (bicyclic) bond motifs is 2. The zero-order valence-electron chi connectivity index (χ0n) is 32.5. The topological polar surface area (TPSA) is 180 Å². The Labute approximate surface area is 341 Å². The Morgan fingerprint density at radius 2 is 1.49 bits per heavy atom. The number of benzene rings is 4. The van der Waals surface area contributed by atoms with Gasteiger partial charge in [0.15, 0.2) is 17.2 Å². The molecule has 16 heteroatoms. The summed E-state index contributed by atoms with van der Waals surface area (Å²) in [5.74, 6) is -1.19. The molecule has 0 bridgehead atoms. The molecule has 1 amide bonds. The summed E-state index contributed by atoms with van der Waals surface area (Å²) in [6, 6.07) is 32.6. The molecule has 2 atom stereocenters. The highest BCUT2D eigenvalue weighted by Gasteiger charge is 2.36. The molecule has 0 fully saturated rings.